The summed E-state index contributed by atoms with van der Waals surface area (Å²) in [7, 11) is 1.68. The zero-order chi connectivity index (χ0) is 15.6. The Labute approximate surface area is 131 Å². The molecule has 0 aliphatic carbocycles. The minimum atomic E-state index is -0.303. The number of carbonyl (C=O) groups excluding carboxylic acids is 1. The summed E-state index contributed by atoms with van der Waals surface area (Å²) in [4.78, 5) is 12.0. The first-order valence-corrected chi connectivity index (χ1v) is 7.29. The second-order valence-electron chi connectivity index (χ2n) is 4.93. The van der Waals surface area contributed by atoms with Crippen LogP contribution in [-0.2, 0) is 22.6 Å². The van der Waals surface area contributed by atoms with Crippen LogP contribution in [0.4, 0.5) is 0 Å². The summed E-state index contributed by atoms with van der Waals surface area (Å²) >= 11 is 0. The van der Waals surface area contributed by atoms with Gasteiger partial charge in [0.15, 0.2) is 0 Å². The van der Waals surface area contributed by atoms with Crippen LogP contribution in [0.25, 0.3) is 0 Å². The number of rotatable bonds is 8. The van der Waals surface area contributed by atoms with Gasteiger partial charge < -0.3 is 14.8 Å². The normalized spacial score (nSPS) is 10.4. The number of benzene rings is 2. The lowest BCUT2D eigenvalue weighted by atomic mass is 10.1. The van der Waals surface area contributed by atoms with Crippen molar-refractivity contribution in [2.24, 2.45) is 0 Å². The predicted octanol–water partition coefficient (Wildman–Crippen LogP) is 2.78. The first-order chi connectivity index (χ1) is 10.8. The van der Waals surface area contributed by atoms with Gasteiger partial charge in [0.1, 0.15) is 6.61 Å². The molecule has 22 heavy (non-hydrogen) atoms. The number of carbonyl (C=O) groups is 1. The third-order valence-corrected chi connectivity index (χ3v) is 3.21. The van der Waals surface area contributed by atoms with Gasteiger partial charge >= 0.3 is 5.97 Å². The Kier molecular flexibility index (Phi) is 6.61. The van der Waals surface area contributed by atoms with Crippen LogP contribution in [0.15, 0.2) is 54.6 Å². The lowest BCUT2D eigenvalue weighted by Crippen LogP contribution is -2.18. The van der Waals surface area contributed by atoms with Crippen molar-refractivity contribution in [1.82, 2.24) is 5.32 Å². The quantitative estimate of drug-likeness (QED) is 0.601. The number of nitrogens with one attached hydrogen (secondary N) is 1. The van der Waals surface area contributed by atoms with E-state index in [1.165, 1.54) is 0 Å². The summed E-state index contributed by atoms with van der Waals surface area (Å²) in [5.74, 6) is -0.303. The number of ether oxygens (including phenoxy) is 2. The minimum absolute atomic E-state index is 0.292. The second-order valence-corrected chi connectivity index (χ2v) is 4.93. The summed E-state index contributed by atoms with van der Waals surface area (Å²) in [6.45, 7) is 2.53. The first-order valence-electron chi connectivity index (χ1n) is 7.29. The van der Waals surface area contributed by atoms with Gasteiger partial charge in [0, 0.05) is 20.2 Å². The topological polar surface area (TPSA) is 47.6 Å². The molecule has 4 heteroatoms. The zero-order valence-electron chi connectivity index (χ0n) is 12.7. The molecular weight excluding hydrogens is 278 g/mol. The van der Waals surface area contributed by atoms with Crippen LogP contribution in [0.1, 0.15) is 21.5 Å². The van der Waals surface area contributed by atoms with Gasteiger partial charge in [-0.25, -0.2) is 4.79 Å². The number of esters is 1. The van der Waals surface area contributed by atoms with Crippen molar-refractivity contribution in [2.45, 2.75) is 13.2 Å². The molecule has 0 aliphatic rings. The maximum atomic E-state index is 12.0. The molecule has 4 nitrogen and oxygen atoms in total. The summed E-state index contributed by atoms with van der Waals surface area (Å²) in [6.07, 6.45) is 0. The molecule has 0 aliphatic heterocycles. The third kappa shape index (κ3) is 5.31. The van der Waals surface area contributed by atoms with E-state index < -0.39 is 0 Å². The van der Waals surface area contributed by atoms with Gasteiger partial charge in [-0.05, 0) is 23.3 Å². The highest BCUT2D eigenvalue weighted by Gasteiger charge is 2.07. The highest BCUT2D eigenvalue weighted by Crippen LogP contribution is 2.08. The Hall–Kier alpha value is -2.17. The van der Waals surface area contributed by atoms with E-state index in [9.17, 15) is 4.79 Å². The molecule has 0 saturated heterocycles. The fraction of sp³-hybridized carbons (Fsp3) is 0.278. The van der Waals surface area contributed by atoms with Gasteiger partial charge in [-0.2, -0.15) is 0 Å². The first kappa shape index (κ1) is 16.2. The maximum Gasteiger partial charge on any atom is 0.338 e. The molecule has 0 fully saturated rings. The summed E-state index contributed by atoms with van der Waals surface area (Å²) in [5.41, 5.74) is 2.67. The van der Waals surface area contributed by atoms with Crippen LogP contribution >= 0.6 is 0 Å². The minimum Gasteiger partial charge on any atom is -0.457 e. The highest BCUT2D eigenvalue weighted by atomic mass is 16.5. The van der Waals surface area contributed by atoms with Crippen LogP contribution in [0.5, 0.6) is 0 Å². The molecule has 116 valence electrons. The van der Waals surface area contributed by atoms with Gasteiger partial charge in [-0.3, -0.25) is 0 Å². The van der Waals surface area contributed by atoms with Crippen LogP contribution < -0.4 is 5.32 Å². The highest BCUT2D eigenvalue weighted by molar-refractivity contribution is 5.89. The van der Waals surface area contributed by atoms with E-state index in [1.807, 2.05) is 42.5 Å². The molecule has 0 spiro atoms. The van der Waals surface area contributed by atoms with Crippen molar-refractivity contribution >= 4 is 5.97 Å². The molecule has 0 heterocycles. The van der Waals surface area contributed by atoms with Gasteiger partial charge in [0.2, 0.25) is 0 Å². The van der Waals surface area contributed by atoms with Gasteiger partial charge in [0.05, 0.1) is 12.2 Å². The molecule has 0 aromatic heterocycles. The Bertz CT molecular complexity index is 567. The number of hydrogen-bond donors (Lipinski definition) is 1. The SMILES string of the molecule is COCCNCc1ccc(C(=O)OCc2ccccc2)cc1. The summed E-state index contributed by atoms with van der Waals surface area (Å²) < 4.78 is 10.3. The Balaban J connectivity index is 1.80. The molecule has 2 rings (SSSR count). The Morgan fingerprint density at radius 1 is 1.00 bits per heavy atom. The lowest BCUT2D eigenvalue weighted by Gasteiger charge is -2.07. The molecule has 0 unspecified atom stereocenters. The summed E-state index contributed by atoms with van der Waals surface area (Å²) in [5, 5.41) is 3.26. The van der Waals surface area contributed by atoms with E-state index in [2.05, 4.69) is 5.32 Å². The van der Waals surface area contributed by atoms with Crippen LogP contribution in [0.3, 0.4) is 0 Å². The molecule has 0 bridgehead atoms. The predicted molar refractivity (Wildman–Crippen MR) is 85.6 cm³/mol. The van der Waals surface area contributed by atoms with Crippen molar-refractivity contribution < 1.29 is 14.3 Å². The van der Waals surface area contributed by atoms with Gasteiger partial charge in [0.25, 0.3) is 0 Å². The molecule has 0 atom stereocenters. The average Bonchev–Trinajstić information content (AvgIpc) is 2.58. The summed E-state index contributed by atoms with van der Waals surface area (Å²) in [6, 6.07) is 17.1. The Morgan fingerprint density at radius 3 is 2.41 bits per heavy atom. The van der Waals surface area contributed by atoms with Crippen LogP contribution in [-0.4, -0.2) is 26.2 Å². The van der Waals surface area contributed by atoms with Crippen molar-refractivity contribution in [3.8, 4) is 0 Å². The Morgan fingerprint density at radius 2 is 1.73 bits per heavy atom. The monoisotopic (exact) mass is 299 g/mol. The van der Waals surface area contributed by atoms with Crippen LogP contribution in [0.2, 0.25) is 0 Å². The van der Waals surface area contributed by atoms with Crippen molar-refractivity contribution in [3.05, 3.63) is 71.3 Å². The van der Waals surface area contributed by atoms with Gasteiger partial charge in [-0.1, -0.05) is 42.5 Å². The van der Waals surface area contributed by atoms with E-state index in [1.54, 1.807) is 19.2 Å². The maximum absolute atomic E-state index is 12.0. The van der Waals surface area contributed by atoms with E-state index in [-0.39, 0.29) is 5.97 Å². The second kappa shape index (κ2) is 8.97. The third-order valence-electron chi connectivity index (χ3n) is 3.21. The molecule has 0 saturated carbocycles. The molecule has 0 radical (unpaired) electrons. The molecular formula is C18H21NO3. The fourth-order valence-electron chi connectivity index (χ4n) is 1.97. The van der Waals surface area contributed by atoms with Crippen molar-refractivity contribution in [2.75, 3.05) is 20.3 Å². The molecule has 2 aromatic carbocycles. The average molecular weight is 299 g/mol. The van der Waals surface area contributed by atoms with Gasteiger partial charge in [-0.15, -0.1) is 0 Å². The number of methoxy groups -OCH3 is 1. The standard InChI is InChI=1S/C18H21NO3/c1-21-12-11-19-13-15-7-9-17(10-8-15)18(20)22-14-16-5-3-2-4-6-16/h2-10,19H,11-14H2,1H3. The zero-order valence-corrected chi connectivity index (χ0v) is 12.7. The molecule has 1 N–H and O–H groups in total. The molecule has 2 aromatic rings. The van der Waals surface area contributed by atoms with E-state index in [0.29, 0.717) is 18.8 Å². The largest absolute Gasteiger partial charge is 0.457 e. The fourth-order valence-corrected chi connectivity index (χ4v) is 1.97. The van der Waals surface area contributed by atoms with E-state index in [4.69, 9.17) is 9.47 Å². The number of hydrogen-bond acceptors (Lipinski definition) is 4. The van der Waals surface area contributed by atoms with E-state index >= 15 is 0 Å². The van der Waals surface area contributed by atoms with Crippen molar-refractivity contribution in [1.29, 1.82) is 0 Å². The molecule has 0 amide bonds. The van der Waals surface area contributed by atoms with Crippen LogP contribution in [0, 0.1) is 0 Å². The van der Waals surface area contributed by atoms with E-state index in [0.717, 1.165) is 24.2 Å². The smallest absolute Gasteiger partial charge is 0.338 e. The van der Waals surface area contributed by atoms with Crippen molar-refractivity contribution in [3.63, 3.8) is 0 Å². The lowest BCUT2D eigenvalue weighted by molar-refractivity contribution is 0.0472.